The molecule has 0 N–H and O–H groups in total. The predicted octanol–water partition coefficient (Wildman–Crippen LogP) is 6.35. The van der Waals surface area contributed by atoms with Crippen LogP contribution in [-0.2, 0) is 4.79 Å². The molecule has 0 aliphatic carbocycles. The van der Waals surface area contributed by atoms with Crippen LogP contribution in [0.5, 0.6) is 0 Å². The topological polar surface area (TPSA) is 20.3 Å². The Labute approximate surface area is 166 Å². The monoisotopic (exact) mass is 405 g/mol. The molecule has 0 spiro atoms. The van der Waals surface area contributed by atoms with Gasteiger partial charge in [0.15, 0.2) is 4.32 Å². The van der Waals surface area contributed by atoms with Crippen molar-refractivity contribution in [1.82, 2.24) is 0 Å². The molecular weight excluding hydrogens is 393 g/mol. The number of allylic oxidation sites excluding steroid dienone is 2. The molecule has 1 aliphatic rings. The van der Waals surface area contributed by atoms with E-state index in [1.807, 2.05) is 49.4 Å². The number of rotatable bonds is 3. The molecular formula is C19H13Cl2NOS2. The Balaban J connectivity index is 1.89. The zero-order valence-electron chi connectivity index (χ0n) is 13.2. The number of carbonyl (C=O) groups is 1. The Morgan fingerprint density at radius 2 is 1.88 bits per heavy atom. The average molecular weight is 406 g/mol. The molecule has 1 fully saturated rings. The van der Waals surface area contributed by atoms with E-state index < -0.39 is 0 Å². The predicted molar refractivity (Wildman–Crippen MR) is 112 cm³/mol. The largest absolute Gasteiger partial charge is 0.270 e. The first-order valence-corrected chi connectivity index (χ1v) is 9.40. The van der Waals surface area contributed by atoms with Crippen LogP contribution >= 0.6 is 47.2 Å². The highest BCUT2D eigenvalue weighted by atomic mass is 35.5. The van der Waals surface area contributed by atoms with Crippen LogP contribution in [0, 0.1) is 0 Å². The van der Waals surface area contributed by atoms with Gasteiger partial charge in [0, 0.05) is 5.02 Å². The summed E-state index contributed by atoms with van der Waals surface area (Å²) in [5.74, 6) is -0.181. The summed E-state index contributed by atoms with van der Waals surface area (Å²) < 4.78 is 0.452. The first kappa shape index (κ1) is 18.2. The lowest BCUT2D eigenvalue weighted by molar-refractivity contribution is -0.113. The summed E-state index contributed by atoms with van der Waals surface area (Å²) in [6.07, 6.45) is 3.86. The van der Waals surface area contributed by atoms with Crippen LogP contribution in [0.3, 0.4) is 0 Å². The van der Waals surface area contributed by atoms with Gasteiger partial charge in [-0.1, -0.05) is 83.6 Å². The van der Waals surface area contributed by atoms with Crippen molar-refractivity contribution in [2.75, 3.05) is 4.90 Å². The Hall–Kier alpha value is -1.59. The Bertz CT molecular complexity index is 907. The maximum absolute atomic E-state index is 12.8. The first-order chi connectivity index (χ1) is 12.0. The van der Waals surface area contributed by atoms with Crippen LogP contribution in [0.15, 0.2) is 65.1 Å². The van der Waals surface area contributed by atoms with Crippen molar-refractivity contribution in [3.8, 4) is 0 Å². The maximum Gasteiger partial charge on any atom is 0.270 e. The van der Waals surface area contributed by atoms with Crippen molar-refractivity contribution < 1.29 is 4.79 Å². The summed E-state index contributed by atoms with van der Waals surface area (Å²) in [4.78, 5) is 14.8. The number of nitrogens with zero attached hydrogens (tertiary/aromatic N) is 1. The SMILES string of the molecule is CC(/C=C1\SC(=S)N(c2ccc(Cl)cc2Cl)C1=O)=C\c1ccccc1. The molecule has 0 unspecified atom stereocenters. The van der Waals surface area contributed by atoms with Crippen molar-refractivity contribution in [3.05, 3.63) is 80.7 Å². The number of hydrogen-bond donors (Lipinski definition) is 0. The number of anilines is 1. The van der Waals surface area contributed by atoms with E-state index in [4.69, 9.17) is 35.4 Å². The molecule has 1 aliphatic heterocycles. The number of amides is 1. The molecule has 0 radical (unpaired) electrons. The molecule has 2 nitrogen and oxygen atoms in total. The van der Waals surface area contributed by atoms with Crippen LogP contribution in [0.2, 0.25) is 10.0 Å². The molecule has 0 aromatic heterocycles. The van der Waals surface area contributed by atoms with Gasteiger partial charge in [-0.15, -0.1) is 0 Å². The number of benzene rings is 2. The smallest absolute Gasteiger partial charge is 0.268 e. The zero-order chi connectivity index (χ0) is 18.0. The molecule has 0 atom stereocenters. The molecule has 0 bridgehead atoms. The second kappa shape index (κ2) is 7.75. The summed E-state index contributed by atoms with van der Waals surface area (Å²) in [6.45, 7) is 1.95. The summed E-state index contributed by atoms with van der Waals surface area (Å²) in [7, 11) is 0. The highest BCUT2D eigenvalue weighted by molar-refractivity contribution is 8.27. The fraction of sp³-hybridized carbons (Fsp3) is 0.0526. The third-order valence-electron chi connectivity index (χ3n) is 3.50. The number of halogens is 2. The molecule has 25 heavy (non-hydrogen) atoms. The summed E-state index contributed by atoms with van der Waals surface area (Å²) >= 11 is 18.8. The summed E-state index contributed by atoms with van der Waals surface area (Å²) in [5, 5.41) is 0.901. The lowest BCUT2D eigenvalue weighted by atomic mass is 10.1. The number of thiocarbonyl (C=S) groups is 1. The van der Waals surface area contributed by atoms with Gasteiger partial charge in [0.25, 0.3) is 5.91 Å². The second-order valence-electron chi connectivity index (χ2n) is 5.41. The highest BCUT2D eigenvalue weighted by Gasteiger charge is 2.34. The van der Waals surface area contributed by atoms with E-state index in [-0.39, 0.29) is 5.91 Å². The third kappa shape index (κ3) is 4.15. The van der Waals surface area contributed by atoms with Gasteiger partial charge in [-0.25, -0.2) is 0 Å². The fourth-order valence-electron chi connectivity index (χ4n) is 2.40. The highest BCUT2D eigenvalue weighted by Crippen LogP contribution is 2.39. The molecule has 0 saturated carbocycles. The standard InChI is InChI=1S/C19H13Cl2NOS2/c1-12(9-13-5-3-2-4-6-13)10-17-18(23)22(19(24)25-17)16-8-7-14(20)11-15(16)21/h2-11H,1H3/b12-9+,17-10-. The molecule has 1 amide bonds. The van der Waals surface area contributed by atoms with Crippen LogP contribution in [-0.4, -0.2) is 10.2 Å². The van der Waals surface area contributed by atoms with Gasteiger partial charge < -0.3 is 0 Å². The second-order valence-corrected chi connectivity index (χ2v) is 7.93. The molecule has 2 aromatic carbocycles. The number of carbonyl (C=O) groups excluding carboxylic acids is 1. The lowest BCUT2D eigenvalue weighted by Gasteiger charge is -2.16. The minimum Gasteiger partial charge on any atom is -0.268 e. The Kier molecular flexibility index (Phi) is 5.64. The molecule has 2 aromatic rings. The van der Waals surface area contributed by atoms with E-state index in [9.17, 15) is 4.79 Å². The molecule has 1 heterocycles. The van der Waals surface area contributed by atoms with E-state index in [0.29, 0.717) is 25.0 Å². The van der Waals surface area contributed by atoms with Gasteiger partial charge >= 0.3 is 0 Å². The van der Waals surface area contributed by atoms with Gasteiger partial charge in [0.05, 0.1) is 15.6 Å². The van der Waals surface area contributed by atoms with Crippen molar-refractivity contribution in [2.45, 2.75) is 6.92 Å². The van der Waals surface area contributed by atoms with Gasteiger partial charge in [0.2, 0.25) is 0 Å². The molecule has 6 heteroatoms. The van der Waals surface area contributed by atoms with Crippen molar-refractivity contribution >= 4 is 69.2 Å². The number of thioether (sulfide) groups is 1. The van der Waals surface area contributed by atoms with Gasteiger partial charge in [-0.05, 0) is 42.3 Å². The third-order valence-corrected chi connectivity index (χ3v) is 5.34. The van der Waals surface area contributed by atoms with Crippen molar-refractivity contribution in [3.63, 3.8) is 0 Å². The average Bonchev–Trinajstić information content (AvgIpc) is 2.83. The summed E-state index contributed by atoms with van der Waals surface area (Å²) in [5.41, 5.74) is 2.59. The maximum atomic E-state index is 12.8. The van der Waals surface area contributed by atoms with Gasteiger partial charge in [-0.2, -0.15) is 0 Å². The molecule has 3 rings (SSSR count). The van der Waals surface area contributed by atoms with Crippen LogP contribution in [0.25, 0.3) is 6.08 Å². The van der Waals surface area contributed by atoms with E-state index in [1.165, 1.54) is 16.7 Å². The van der Waals surface area contributed by atoms with Gasteiger partial charge in [0.1, 0.15) is 0 Å². The first-order valence-electron chi connectivity index (χ1n) is 7.42. The van der Waals surface area contributed by atoms with Crippen LogP contribution in [0.1, 0.15) is 12.5 Å². The van der Waals surface area contributed by atoms with E-state index in [0.717, 1.165) is 11.1 Å². The quantitative estimate of drug-likeness (QED) is 0.438. The van der Waals surface area contributed by atoms with E-state index >= 15 is 0 Å². The zero-order valence-corrected chi connectivity index (χ0v) is 16.3. The number of hydrogen-bond acceptors (Lipinski definition) is 3. The van der Waals surface area contributed by atoms with Crippen LogP contribution in [0.4, 0.5) is 5.69 Å². The Morgan fingerprint density at radius 3 is 2.56 bits per heavy atom. The Morgan fingerprint density at radius 1 is 1.16 bits per heavy atom. The van der Waals surface area contributed by atoms with Crippen molar-refractivity contribution in [1.29, 1.82) is 0 Å². The fourth-order valence-corrected chi connectivity index (χ4v) is 4.23. The van der Waals surface area contributed by atoms with Gasteiger partial charge in [-0.3, -0.25) is 9.69 Å². The lowest BCUT2D eigenvalue weighted by Crippen LogP contribution is -2.27. The summed E-state index contributed by atoms with van der Waals surface area (Å²) in [6, 6.07) is 14.9. The molecule has 126 valence electrons. The minimum atomic E-state index is -0.181. The van der Waals surface area contributed by atoms with E-state index in [2.05, 4.69) is 0 Å². The van der Waals surface area contributed by atoms with Crippen LogP contribution < -0.4 is 4.90 Å². The molecule has 1 saturated heterocycles. The minimum absolute atomic E-state index is 0.181. The normalized spacial score (nSPS) is 16.8. The van der Waals surface area contributed by atoms with E-state index in [1.54, 1.807) is 18.2 Å². The van der Waals surface area contributed by atoms with Crippen molar-refractivity contribution in [2.24, 2.45) is 0 Å².